The second-order valence-corrected chi connectivity index (χ2v) is 15.7. The number of aryl methyl sites for hydroxylation is 3. The van der Waals surface area contributed by atoms with Crippen molar-refractivity contribution in [2.75, 3.05) is 16.8 Å². The molecule has 5 N–H and O–H groups in total. The van der Waals surface area contributed by atoms with Crippen molar-refractivity contribution in [3.63, 3.8) is 0 Å². The van der Waals surface area contributed by atoms with Gasteiger partial charge in [-0.15, -0.1) is 0 Å². The monoisotopic (exact) mass is 865 g/mol. The number of ketones is 5. The zero-order valence-corrected chi connectivity index (χ0v) is 35.7. The highest BCUT2D eigenvalue weighted by atomic mass is 35.5. The Balaban J connectivity index is 0.000000179. The van der Waals surface area contributed by atoms with E-state index in [0.29, 0.717) is 50.2 Å². The number of carbonyl (C=O) groups is 7. The first-order valence-corrected chi connectivity index (χ1v) is 20.5. The Morgan fingerprint density at radius 2 is 0.875 bits per heavy atom. The molecule has 0 radical (unpaired) electrons. The minimum absolute atomic E-state index is 0.0387. The summed E-state index contributed by atoms with van der Waals surface area (Å²) < 4.78 is 0. The molecule has 1 amide bonds. The molecule has 316 valence electrons. The van der Waals surface area contributed by atoms with Crippen LogP contribution in [0.15, 0.2) is 146 Å². The molecule has 64 heavy (non-hydrogen) atoms. The minimum Gasteiger partial charge on any atom is -0.397 e. The van der Waals surface area contributed by atoms with Gasteiger partial charge in [0.05, 0.1) is 28.2 Å². The molecule has 10 nitrogen and oxygen atoms in total. The van der Waals surface area contributed by atoms with Crippen LogP contribution in [0.4, 0.5) is 17.1 Å². The zero-order chi connectivity index (χ0) is 45.8. The van der Waals surface area contributed by atoms with Gasteiger partial charge in [0.2, 0.25) is 0 Å². The summed E-state index contributed by atoms with van der Waals surface area (Å²) in [6.07, 6.45) is -0.0387. The zero-order valence-electron chi connectivity index (χ0n) is 35.0. The van der Waals surface area contributed by atoms with Gasteiger partial charge in [-0.1, -0.05) is 120 Å². The van der Waals surface area contributed by atoms with Crippen LogP contribution < -0.4 is 16.8 Å². The van der Waals surface area contributed by atoms with E-state index in [1.54, 1.807) is 109 Å². The number of benzene rings is 7. The number of nitrogen functional groups attached to an aromatic ring is 2. The van der Waals surface area contributed by atoms with Gasteiger partial charge in [-0.3, -0.25) is 33.6 Å². The average Bonchev–Trinajstić information content (AvgIpc) is 3.29. The number of hydrogen-bond acceptors (Lipinski definition) is 9. The standard InChI is InChI=1S/C31H23NO4.C14H10N2O2.C8H7ClO/c1-18-7-11-20(12-8-18)26(33)17-22-15-16-25-27(30(35)24-6-4-3-5-23(24)29(25)34)28(22)32-31(36)21-13-9-19(2)10-14-21;15-10-6-5-9-11(12(10)16)14(18)8-4-2-1-3-7(8)13(9)17;1-6-2-4-7(5-3-6)8(9)10/h3-16H,17H2,1-2H3,(H,32,36);1-6H,15-16H2;2-5H,1H3. The molecule has 0 spiro atoms. The van der Waals surface area contributed by atoms with Crippen LogP contribution in [0.3, 0.4) is 0 Å². The van der Waals surface area contributed by atoms with Crippen molar-refractivity contribution >= 4 is 68.7 Å². The van der Waals surface area contributed by atoms with Gasteiger partial charge in [0, 0.05) is 56.5 Å². The van der Waals surface area contributed by atoms with Gasteiger partial charge < -0.3 is 16.8 Å². The number of nitrogens with two attached hydrogens (primary N) is 2. The van der Waals surface area contributed by atoms with Crippen molar-refractivity contribution < 1.29 is 33.6 Å². The normalized spacial score (nSPS) is 11.9. The summed E-state index contributed by atoms with van der Waals surface area (Å²) in [5.74, 6) is -1.66. The van der Waals surface area contributed by atoms with Crippen LogP contribution >= 0.6 is 11.6 Å². The van der Waals surface area contributed by atoms with E-state index < -0.39 is 11.1 Å². The minimum atomic E-state index is -0.424. The fourth-order valence-electron chi connectivity index (χ4n) is 7.34. The van der Waals surface area contributed by atoms with Gasteiger partial charge in [0.1, 0.15) is 0 Å². The number of Topliss-reactive ketones (excluding diaryl/α,β-unsaturated/α-hetero) is 1. The van der Waals surface area contributed by atoms with E-state index in [1.165, 1.54) is 0 Å². The predicted molar refractivity (Wildman–Crippen MR) is 248 cm³/mol. The fraction of sp³-hybridized carbons (Fsp3) is 0.0755. The quantitative estimate of drug-likeness (QED) is 0.0832. The summed E-state index contributed by atoms with van der Waals surface area (Å²) in [5.41, 5.74) is 19.6. The molecule has 0 atom stereocenters. The number of nitrogens with one attached hydrogen (secondary N) is 1. The van der Waals surface area contributed by atoms with Crippen LogP contribution in [0.5, 0.6) is 0 Å². The smallest absolute Gasteiger partial charge is 0.255 e. The van der Waals surface area contributed by atoms with Crippen molar-refractivity contribution in [1.82, 2.24) is 0 Å². The molecule has 7 aromatic rings. The lowest BCUT2D eigenvalue weighted by Gasteiger charge is -2.23. The molecule has 0 aromatic heterocycles. The number of halogens is 1. The summed E-state index contributed by atoms with van der Waals surface area (Å²) in [6.45, 7) is 5.82. The summed E-state index contributed by atoms with van der Waals surface area (Å²) in [6, 6.07) is 41.1. The summed E-state index contributed by atoms with van der Waals surface area (Å²) in [5, 5.41) is 2.46. The third kappa shape index (κ3) is 8.95. The molecule has 0 unspecified atom stereocenters. The third-order valence-corrected chi connectivity index (χ3v) is 11.1. The lowest BCUT2D eigenvalue weighted by atomic mass is 9.81. The molecule has 11 heteroatoms. The number of amides is 1. The molecule has 0 saturated heterocycles. The maximum atomic E-state index is 13.6. The van der Waals surface area contributed by atoms with E-state index in [0.717, 1.165) is 16.7 Å². The Hall–Kier alpha value is -8.08. The third-order valence-electron chi connectivity index (χ3n) is 10.9. The van der Waals surface area contributed by atoms with Gasteiger partial charge in [-0.25, -0.2) is 0 Å². The van der Waals surface area contributed by atoms with Crippen LogP contribution in [0.2, 0.25) is 0 Å². The Labute approximate surface area is 373 Å². The van der Waals surface area contributed by atoms with E-state index in [4.69, 9.17) is 23.1 Å². The lowest BCUT2D eigenvalue weighted by molar-refractivity contribution is 0.0976. The number of rotatable bonds is 6. The first kappa shape index (κ1) is 44.0. The SMILES string of the molecule is Cc1ccc(C(=O)Cc2ccc3c(c2NC(=O)c2ccc(C)cc2)C(=O)c2ccccc2C3=O)cc1.Cc1ccc(C(=O)Cl)cc1.Nc1ccc2c(c1N)C(=O)c1ccccc1C2=O. The number of anilines is 3. The topological polar surface area (TPSA) is 184 Å². The molecule has 0 heterocycles. The van der Waals surface area contributed by atoms with Crippen LogP contribution in [0.25, 0.3) is 0 Å². The van der Waals surface area contributed by atoms with Crippen molar-refractivity contribution in [3.8, 4) is 0 Å². The molecular weight excluding hydrogens is 826 g/mol. The van der Waals surface area contributed by atoms with E-state index in [9.17, 15) is 33.6 Å². The fourth-order valence-corrected chi connectivity index (χ4v) is 7.46. The molecular formula is C53H40ClN3O7. The van der Waals surface area contributed by atoms with Gasteiger partial charge in [-0.05, 0) is 80.4 Å². The van der Waals surface area contributed by atoms with E-state index in [-0.39, 0.29) is 69.0 Å². The highest BCUT2D eigenvalue weighted by Gasteiger charge is 2.34. The van der Waals surface area contributed by atoms with Crippen molar-refractivity contribution in [2.45, 2.75) is 27.2 Å². The Morgan fingerprint density at radius 1 is 0.469 bits per heavy atom. The van der Waals surface area contributed by atoms with Gasteiger partial charge >= 0.3 is 0 Å². The Bertz CT molecular complexity index is 3060. The van der Waals surface area contributed by atoms with Crippen LogP contribution in [-0.2, 0) is 6.42 Å². The van der Waals surface area contributed by atoms with E-state index in [2.05, 4.69) is 5.32 Å². The average molecular weight is 866 g/mol. The first-order chi connectivity index (χ1) is 30.6. The van der Waals surface area contributed by atoms with Gasteiger partial charge in [0.25, 0.3) is 11.1 Å². The predicted octanol–water partition coefficient (Wildman–Crippen LogP) is 9.76. The summed E-state index contributed by atoms with van der Waals surface area (Å²) >= 11 is 5.22. The van der Waals surface area contributed by atoms with Crippen molar-refractivity contribution in [2.24, 2.45) is 0 Å². The molecule has 2 aliphatic carbocycles. The van der Waals surface area contributed by atoms with E-state index in [1.807, 2.05) is 57.2 Å². The highest BCUT2D eigenvalue weighted by molar-refractivity contribution is 6.67. The van der Waals surface area contributed by atoms with Crippen LogP contribution in [-0.4, -0.2) is 40.1 Å². The largest absolute Gasteiger partial charge is 0.397 e. The Morgan fingerprint density at radius 3 is 1.36 bits per heavy atom. The van der Waals surface area contributed by atoms with Crippen LogP contribution in [0, 0.1) is 20.8 Å². The maximum absolute atomic E-state index is 13.6. The number of carbonyl (C=O) groups excluding carboxylic acids is 7. The highest BCUT2D eigenvalue weighted by Crippen LogP contribution is 2.36. The Kier molecular flexibility index (Phi) is 12.7. The van der Waals surface area contributed by atoms with Crippen molar-refractivity contribution in [1.29, 1.82) is 0 Å². The molecule has 0 saturated carbocycles. The second-order valence-electron chi connectivity index (χ2n) is 15.3. The van der Waals surface area contributed by atoms with Gasteiger partial charge in [0.15, 0.2) is 28.9 Å². The van der Waals surface area contributed by atoms with E-state index >= 15 is 0 Å². The molecule has 2 aliphatic rings. The molecule has 0 fully saturated rings. The van der Waals surface area contributed by atoms with Crippen molar-refractivity contribution in [3.05, 3.63) is 229 Å². The molecule has 7 aromatic carbocycles. The maximum Gasteiger partial charge on any atom is 0.255 e. The molecule has 9 rings (SSSR count). The lowest BCUT2D eigenvalue weighted by Crippen LogP contribution is -2.25. The summed E-state index contributed by atoms with van der Waals surface area (Å²) in [4.78, 5) is 88.3. The number of fused-ring (bicyclic) bond motifs is 4. The summed E-state index contributed by atoms with van der Waals surface area (Å²) in [7, 11) is 0. The first-order valence-electron chi connectivity index (χ1n) is 20.1. The molecule has 0 bridgehead atoms. The van der Waals surface area contributed by atoms with Crippen LogP contribution in [0.1, 0.15) is 117 Å². The molecule has 0 aliphatic heterocycles. The second kappa shape index (κ2) is 18.5. The number of hydrogen-bond donors (Lipinski definition) is 3. The van der Waals surface area contributed by atoms with Gasteiger partial charge in [-0.2, -0.15) is 0 Å².